The van der Waals surface area contributed by atoms with Crippen molar-refractivity contribution in [2.24, 2.45) is 5.92 Å². The number of carbonyl (C=O) groups excluding carboxylic acids is 1. The molecule has 0 saturated carbocycles. The maximum Gasteiger partial charge on any atom is 0.259 e. The highest BCUT2D eigenvalue weighted by Gasteiger charge is 2.23. The monoisotopic (exact) mass is 409 g/mol. The van der Waals surface area contributed by atoms with Gasteiger partial charge in [0.15, 0.2) is 0 Å². The zero-order chi connectivity index (χ0) is 20.5. The second kappa shape index (κ2) is 8.11. The first kappa shape index (κ1) is 19.8. The van der Waals surface area contributed by atoms with Gasteiger partial charge in [-0.15, -0.1) is 11.3 Å². The molecule has 0 bridgehead atoms. The summed E-state index contributed by atoms with van der Waals surface area (Å²) in [6.45, 7) is 4.28. The van der Waals surface area contributed by atoms with Crippen LogP contribution in [0, 0.1) is 5.92 Å². The molecule has 0 aliphatic heterocycles. The Bertz CT molecular complexity index is 1090. The summed E-state index contributed by atoms with van der Waals surface area (Å²) in [5.41, 5.74) is 2.24. The van der Waals surface area contributed by atoms with E-state index in [-0.39, 0.29) is 17.5 Å². The molecule has 0 unspecified atom stereocenters. The van der Waals surface area contributed by atoms with Gasteiger partial charge in [0.25, 0.3) is 5.56 Å². The molecule has 2 aromatic heterocycles. The van der Waals surface area contributed by atoms with Crippen molar-refractivity contribution in [2.45, 2.75) is 52.0 Å². The predicted octanol–water partition coefficient (Wildman–Crippen LogP) is 4.26. The highest BCUT2D eigenvalue weighted by molar-refractivity contribution is 7.18. The molecule has 2 atom stereocenters. The Balaban J connectivity index is 1.48. The number of aryl methyl sites for hydroxylation is 2. The van der Waals surface area contributed by atoms with E-state index < -0.39 is 0 Å². The van der Waals surface area contributed by atoms with Crippen molar-refractivity contribution in [1.29, 1.82) is 0 Å². The number of hydrogen-bond acceptors (Lipinski definition) is 4. The molecule has 0 spiro atoms. The summed E-state index contributed by atoms with van der Waals surface area (Å²) in [7, 11) is 1.83. The molecule has 1 aliphatic rings. The van der Waals surface area contributed by atoms with Crippen molar-refractivity contribution in [3.63, 3.8) is 0 Å². The molecule has 29 heavy (non-hydrogen) atoms. The van der Waals surface area contributed by atoms with E-state index in [9.17, 15) is 9.59 Å². The molecule has 5 nitrogen and oxygen atoms in total. The summed E-state index contributed by atoms with van der Waals surface area (Å²) in [5.74, 6) is 1.31. The SMILES string of the molecule is C[C@@H]1CCc2c(sc3nc(CCC(=O)N(C)[C@H](C)c4ccccc4)[nH]c(=O)c23)C1. The van der Waals surface area contributed by atoms with Gasteiger partial charge in [0, 0.05) is 24.8 Å². The minimum Gasteiger partial charge on any atom is -0.339 e. The van der Waals surface area contributed by atoms with Crippen molar-refractivity contribution < 1.29 is 4.79 Å². The molecule has 0 fully saturated rings. The standard InChI is InChI=1S/C23H27N3O2S/c1-14-9-10-17-18(13-14)29-23-21(17)22(28)24-19(25-23)11-12-20(27)26(3)15(2)16-7-5-4-6-8-16/h4-8,14-15H,9-13H2,1-3H3,(H,24,25,28)/t14-,15-/m1/s1. The minimum atomic E-state index is -0.0597. The lowest BCUT2D eigenvalue weighted by Crippen LogP contribution is -2.30. The lowest BCUT2D eigenvalue weighted by Gasteiger charge is -2.25. The van der Waals surface area contributed by atoms with Gasteiger partial charge in [-0.3, -0.25) is 9.59 Å². The highest BCUT2D eigenvalue weighted by Crippen LogP contribution is 2.35. The number of carbonyl (C=O) groups is 1. The number of nitrogens with one attached hydrogen (secondary N) is 1. The number of benzene rings is 1. The Morgan fingerprint density at radius 1 is 1.34 bits per heavy atom. The van der Waals surface area contributed by atoms with Crippen molar-refractivity contribution >= 4 is 27.5 Å². The fourth-order valence-corrected chi connectivity index (χ4v) is 5.49. The van der Waals surface area contributed by atoms with E-state index in [1.165, 1.54) is 10.4 Å². The summed E-state index contributed by atoms with van der Waals surface area (Å²) in [6.07, 6.45) is 3.88. The molecule has 1 N–H and O–H groups in total. The smallest absolute Gasteiger partial charge is 0.259 e. The second-order valence-electron chi connectivity index (χ2n) is 8.14. The molecule has 4 rings (SSSR count). The number of aromatic nitrogens is 2. The van der Waals surface area contributed by atoms with Crippen molar-refractivity contribution in [3.05, 3.63) is 62.5 Å². The van der Waals surface area contributed by atoms with E-state index in [4.69, 9.17) is 4.98 Å². The zero-order valence-corrected chi connectivity index (χ0v) is 18.0. The lowest BCUT2D eigenvalue weighted by atomic mass is 9.89. The fourth-order valence-electron chi connectivity index (χ4n) is 4.08. The molecule has 1 aromatic carbocycles. The maximum absolute atomic E-state index is 12.7. The van der Waals surface area contributed by atoms with Crippen molar-refractivity contribution in [1.82, 2.24) is 14.9 Å². The van der Waals surface area contributed by atoms with Gasteiger partial charge in [-0.05, 0) is 43.2 Å². The van der Waals surface area contributed by atoms with Gasteiger partial charge in [-0.1, -0.05) is 37.3 Å². The van der Waals surface area contributed by atoms with E-state index in [0.717, 1.165) is 35.0 Å². The van der Waals surface area contributed by atoms with Crippen LogP contribution in [0.15, 0.2) is 35.1 Å². The number of nitrogens with zero attached hydrogens (tertiary/aromatic N) is 2. The Labute approximate surface area is 174 Å². The van der Waals surface area contributed by atoms with Gasteiger partial charge >= 0.3 is 0 Å². The second-order valence-corrected chi connectivity index (χ2v) is 9.22. The molecule has 6 heteroatoms. The Morgan fingerprint density at radius 3 is 2.86 bits per heavy atom. The van der Waals surface area contributed by atoms with Gasteiger partial charge in [0.05, 0.1) is 11.4 Å². The number of aromatic amines is 1. The van der Waals surface area contributed by atoms with Crippen LogP contribution in [0.5, 0.6) is 0 Å². The first-order valence-corrected chi connectivity index (χ1v) is 11.1. The van der Waals surface area contributed by atoms with Crippen LogP contribution in [0.3, 0.4) is 0 Å². The molecule has 1 amide bonds. The third kappa shape index (κ3) is 3.99. The normalized spacial score (nSPS) is 17.1. The van der Waals surface area contributed by atoms with Crippen LogP contribution in [0.4, 0.5) is 0 Å². The van der Waals surface area contributed by atoms with E-state index >= 15 is 0 Å². The third-order valence-corrected chi connectivity index (χ3v) is 7.19. The topological polar surface area (TPSA) is 66.1 Å². The third-order valence-electron chi connectivity index (χ3n) is 6.05. The highest BCUT2D eigenvalue weighted by atomic mass is 32.1. The van der Waals surface area contributed by atoms with Crippen molar-refractivity contribution in [3.8, 4) is 0 Å². The number of thiophene rings is 1. The fraction of sp³-hybridized carbons (Fsp3) is 0.435. The number of hydrogen-bond donors (Lipinski definition) is 1. The van der Waals surface area contributed by atoms with Crippen LogP contribution in [-0.4, -0.2) is 27.8 Å². The number of H-pyrrole nitrogens is 1. The Morgan fingerprint density at radius 2 is 2.10 bits per heavy atom. The number of fused-ring (bicyclic) bond motifs is 3. The Kier molecular flexibility index (Phi) is 5.54. The van der Waals surface area contributed by atoms with E-state index in [2.05, 4.69) is 11.9 Å². The van der Waals surface area contributed by atoms with Gasteiger partial charge in [-0.25, -0.2) is 4.98 Å². The van der Waals surface area contributed by atoms with Crippen LogP contribution in [0.1, 0.15) is 54.6 Å². The molecule has 0 radical (unpaired) electrons. The van der Waals surface area contributed by atoms with Gasteiger partial charge in [0.2, 0.25) is 5.91 Å². The van der Waals surface area contributed by atoms with Crippen LogP contribution >= 0.6 is 11.3 Å². The summed E-state index contributed by atoms with van der Waals surface area (Å²) >= 11 is 1.65. The van der Waals surface area contributed by atoms with E-state index in [0.29, 0.717) is 24.6 Å². The van der Waals surface area contributed by atoms with Crippen molar-refractivity contribution in [2.75, 3.05) is 7.05 Å². The average Bonchev–Trinajstić information content (AvgIpc) is 3.09. The molecule has 3 aromatic rings. The van der Waals surface area contributed by atoms with E-state index in [1.807, 2.05) is 44.3 Å². The van der Waals surface area contributed by atoms with Crippen LogP contribution in [0.25, 0.3) is 10.2 Å². The van der Waals surface area contributed by atoms with Crippen LogP contribution < -0.4 is 5.56 Å². The van der Waals surface area contributed by atoms with Gasteiger partial charge < -0.3 is 9.88 Å². The van der Waals surface area contributed by atoms with Gasteiger partial charge in [0.1, 0.15) is 10.7 Å². The average molecular weight is 410 g/mol. The quantitative estimate of drug-likeness (QED) is 0.685. The molecular formula is C23H27N3O2S. The predicted molar refractivity (Wildman–Crippen MR) is 117 cm³/mol. The first-order chi connectivity index (χ1) is 13.9. The minimum absolute atomic E-state index is 0.00389. The summed E-state index contributed by atoms with van der Waals surface area (Å²) < 4.78 is 0. The summed E-state index contributed by atoms with van der Waals surface area (Å²) in [5, 5.41) is 0.766. The molecular weight excluding hydrogens is 382 g/mol. The van der Waals surface area contributed by atoms with Crippen LogP contribution in [-0.2, 0) is 24.1 Å². The number of amides is 1. The maximum atomic E-state index is 12.7. The molecule has 152 valence electrons. The van der Waals surface area contributed by atoms with Crippen LogP contribution in [0.2, 0.25) is 0 Å². The van der Waals surface area contributed by atoms with Gasteiger partial charge in [-0.2, -0.15) is 0 Å². The zero-order valence-electron chi connectivity index (χ0n) is 17.2. The largest absolute Gasteiger partial charge is 0.339 e. The summed E-state index contributed by atoms with van der Waals surface area (Å²) in [6, 6.07) is 10.00. The van der Waals surface area contributed by atoms with E-state index in [1.54, 1.807) is 16.2 Å². The lowest BCUT2D eigenvalue weighted by molar-refractivity contribution is -0.131. The first-order valence-electron chi connectivity index (χ1n) is 10.3. The number of rotatable bonds is 5. The Hall–Kier alpha value is -2.47. The molecule has 2 heterocycles. The molecule has 1 aliphatic carbocycles. The molecule has 0 saturated heterocycles. The summed E-state index contributed by atoms with van der Waals surface area (Å²) in [4.78, 5) is 36.9.